The summed E-state index contributed by atoms with van der Waals surface area (Å²) in [5, 5.41) is 2.86. The SMILES string of the molecule is COc1ccc(NC(=O)C2CCCN(S(=O)(=O)c3cn(C(C)C)cn3)C2)c(OC)c1. The number of nitrogens with one attached hydrogen (secondary N) is 1. The zero-order chi connectivity index (χ0) is 21.9. The summed E-state index contributed by atoms with van der Waals surface area (Å²) in [7, 11) is -0.696. The maximum Gasteiger partial charge on any atom is 0.262 e. The van der Waals surface area contributed by atoms with Crippen molar-refractivity contribution in [2.75, 3.05) is 32.6 Å². The van der Waals surface area contributed by atoms with Crippen LogP contribution in [0.3, 0.4) is 0 Å². The number of sulfonamides is 1. The average Bonchev–Trinajstić information content (AvgIpc) is 3.25. The molecule has 1 N–H and O–H groups in total. The zero-order valence-electron chi connectivity index (χ0n) is 17.7. The molecule has 1 aliphatic rings. The number of carbonyl (C=O) groups is 1. The molecule has 1 unspecified atom stereocenters. The first-order chi connectivity index (χ1) is 14.3. The Hall–Kier alpha value is -2.59. The molecule has 10 heteroatoms. The fourth-order valence-corrected chi connectivity index (χ4v) is 4.82. The Morgan fingerprint density at radius 3 is 2.67 bits per heavy atom. The third kappa shape index (κ3) is 4.59. The summed E-state index contributed by atoms with van der Waals surface area (Å²) in [6, 6.07) is 5.21. The standard InChI is InChI=1S/C20H28N4O5S/c1-14(2)23-12-19(21-13-23)30(26,27)24-9-5-6-15(11-24)20(25)22-17-8-7-16(28-3)10-18(17)29-4/h7-8,10,12-15H,5-6,9,11H2,1-4H3,(H,22,25). The molecule has 1 aromatic heterocycles. The van der Waals surface area contributed by atoms with Gasteiger partial charge in [0.25, 0.3) is 10.0 Å². The second kappa shape index (κ2) is 9.05. The van der Waals surface area contributed by atoms with Gasteiger partial charge in [0.05, 0.1) is 32.2 Å². The first kappa shape index (κ1) is 22.1. The molecule has 30 heavy (non-hydrogen) atoms. The molecule has 2 aromatic rings. The minimum Gasteiger partial charge on any atom is -0.497 e. The van der Waals surface area contributed by atoms with Crippen molar-refractivity contribution in [2.45, 2.75) is 37.8 Å². The first-order valence-electron chi connectivity index (χ1n) is 9.82. The van der Waals surface area contributed by atoms with Crippen LogP contribution in [0, 0.1) is 5.92 Å². The van der Waals surface area contributed by atoms with Crippen molar-refractivity contribution in [1.29, 1.82) is 0 Å². The molecule has 1 aromatic carbocycles. The number of hydrogen-bond donors (Lipinski definition) is 1. The van der Waals surface area contributed by atoms with Gasteiger partial charge >= 0.3 is 0 Å². The van der Waals surface area contributed by atoms with Crippen LogP contribution in [0.2, 0.25) is 0 Å². The van der Waals surface area contributed by atoms with E-state index < -0.39 is 15.9 Å². The van der Waals surface area contributed by atoms with Crippen LogP contribution in [0.15, 0.2) is 35.7 Å². The van der Waals surface area contributed by atoms with Gasteiger partial charge in [0.2, 0.25) is 5.91 Å². The van der Waals surface area contributed by atoms with Gasteiger partial charge in [-0.15, -0.1) is 0 Å². The Morgan fingerprint density at radius 2 is 2.03 bits per heavy atom. The maximum absolute atomic E-state index is 13.0. The molecule has 0 spiro atoms. The molecule has 1 atom stereocenters. The minimum atomic E-state index is -3.76. The van der Waals surface area contributed by atoms with E-state index >= 15 is 0 Å². The Balaban J connectivity index is 1.73. The van der Waals surface area contributed by atoms with Gasteiger partial charge in [-0.2, -0.15) is 4.31 Å². The molecule has 1 saturated heterocycles. The van der Waals surface area contributed by atoms with Gasteiger partial charge in [0.1, 0.15) is 11.5 Å². The molecule has 1 fully saturated rings. The maximum atomic E-state index is 13.0. The predicted octanol–water partition coefficient (Wildman–Crippen LogP) is 2.52. The van der Waals surface area contributed by atoms with Gasteiger partial charge in [-0.1, -0.05) is 0 Å². The van der Waals surface area contributed by atoms with Gasteiger partial charge in [-0.25, -0.2) is 13.4 Å². The Labute approximate surface area is 177 Å². The number of nitrogens with zero attached hydrogens (tertiary/aromatic N) is 3. The largest absolute Gasteiger partial charge is 0.497 e. The molecule has 0 aliphatic carbocycles. The summed E-state index contributed by atoms with van der Waals surface area (Å²) in [6.45, 7) is 4.38. The molecule has 164 valence electrons. The number of ether oxygens (including phenoxy) is 2. The number of methoxy groups -OCH3 is 2. The van der Waals surface area contributed by atoms with Gasteiger partial charge in [0.15, 0.2) is 5.03 Å². The number of piperidine rings is 1. The molecule has 1 aliphatic heterocycles. The number of rotatable bonds is 7. The number of amides is 1. The summed E-state index contributed by atoms with van der Waals surface area (Å²) in [4.78, 5) is 16.9. The van der Waals surface area contributed by atoms with Crippen molar-refractivity contribution in [2.24, 2.45) is 5.92 Å². The zero-order valence-corrected chi connectivity index (χ0v) is 18.5. The van der Waals surface area contributed by atoms with Crippen molar-refractivity contribution in [3.8, 4) is 11.5 Å². The van der Waals surface area contributed by atoms with E-state index in [9.17, 15) is 13.2 Å². The number of anilines is 1. The van der Waals surface area contributed by atoms with Crippen LogP contribution < -0.4 is 14.8 Å². The molecule has 0 bridgehead atoms. The van der Waals surface area contributed by atoms with Crippen LogP contribution in [0.1, 0.15) is 32.7 Å². The molecule has 2 heterocycles. The van der Waals surface area contributed by atoms with Crippen molar-refractivity contribution in [1.82, 2.24) is 13.9 Å². The number of carbonyl (C=O) groups excluding carboxylic acids is 1. The van der Waals surface area contributed by atoms with Gasteiger partial charge in [-0.3, -0.25) is 4.79 Å². The Bertz CT molecular complexity index is 1000. The number of aromatic nitrogens is 2. The number of hydrogen-bond acceptors (Lipinski definition) is 6. The van der Waals surface area contributed by atoms with E-state index in [2.05, 4.69) is 10.3 Å². The van der Waals surface area contributed by atoms with Crippen molar-refractivity contribution < 1.29 is 22.7 Å². The minimum absolute atomic E-state index is 0.00841. The van der Waals surface area contributed by atoms with E-state index in [4.69, 9.17) is 9.47 Å². The highest BCUT2D eigenvalue weighted by Crippen LogP contribution is 2.30. The smallest absolute Gasteiger partial charge is 0.262 e. The van der Waals surface area contributed by atoms with E-state index in [0.717, 1.165) is 0 Å². The van der Waals surface area contributed by atoms with E-state index in [1.807, 2.05) is 13.8 Å². The molecule has 9 nitrogen and oxygen atoms in total. The van der Waals surface area contributed by atoms with E-state index in [0.29, 0.717) is 36.6 Å². The molecular formula is C20H28N4O5S. The summed E-state index contributed by atoms with van der Waals surface area (Å²) < 4.78 is 39.6. The Morgan fingerprint density at radius 1 is 1.27 bits per heavy atom. The van der Waals surface area contributed by atoms with Crippen LogP contribution in [0.4, 0.5) is 5.69 Å². The Kier molecular flexibility index (Phi) is 6.67. The second-order valence-corrected chi connectivity index (χ2v) is 9.40. The molecule has 1 amide bonds. The highest BCUT2D eigenvalue weighted by molar-refractivity contribution is 7.89. The topological polar surface area (TPSA) is 103 Å². The lowest BCUT2D eigenvalue weighted by atomic mass is 9.98. The average molecular weight is 437 g/mol. The third-order valence-electron chi connectivity index (χ3n) is 5.20. The third-order valence-corrected chi connectivity index (χ3v) is 6.95. The molecule has 0 saturated carbocycles. The first-order valence-corrected chi connectivity index (χ1v) is 11.3. The van der Waals surface area contributed by atoms with E-state index in [-0.39, 0.29) is 23.5 Å². The lowest BCUT2D eigenvalue weighted by molar-refractivity contribution is -0.120. The number of benzene rings is 1. The summed E-state index contributed by atoms with van der Waals surface area (Å²) in [5.41, 5.74) is 0.513. The van der Waals surface area contributed by atoms with E-state index in [1.54, 1.807) is 29.9 Å². The van der Waals surface area contributed by atoms with Crippen LogP contribution in [0.25, 0.3) is 0 Å². The van der Waals surface area contributed by atoms with E-state index in [1.165, 1.54) is 23.9 Å². The molecule has 0 radical (unpaired) electrons. The lowest BCUT2D eigenvalue weighted by Gasteiger charge is -2.30. The van der Waals surface area contributed by atoms with Crippen molar-refractivity contribution >= 4 is 21.6 Å². The fraction of sp³-hybridized carbons (Fsp3) is 0.500. The molecular weight excluding hydrogens is 408 g/mol. The molecule has 3 rings (SSSR count). The summed E-state index contributed by atoms with van der Waals surface area (Å²) >= 11 is 0. The fourth-order valence-electron chi connectivity index (χ4n) is 3.38. The summed E-state index contributed by atoms with van der Waals surface area (Å²) in [6.07, 6.45) is 4.26. The lowest BCUT2D eigenvalue weighted by Crippen LogP contribution is -2.43. The quantitative estimate of drug-likeness (QED) is 0.715. The number of imidazole rings is 1. The predicted molar refractivity (Wildman–Crippen MR) is 112 cm³/mol. The second-order valence-electron chi connectivity index (χ2n) is 7.51. The van der Waals surface area contributed by atoms with Gasteiger partial charge in [0, 0.05) is 31.4 Å². The highest BCUT2D eigenvalue weighted by atomic mass is 32.2. The van der Waals surface area contributed by atoms with Crippen LogP contribution >= 0.6 is 0 Å². The summed E-state index contributed by atoms with van der Waals surface area (Å²) in [5.74, 6) is 0.376. The van der Waals surface area contributed by atoms with Crippen LogP contribution in [0.5, 0.6) is 11.5 Å². The monoisotopic (exact) mass is 436 g/mol. The van der Waals surface area contributed by atoms with Crippen LogP contribution in [-0.4, -0.2) is 55.5 Å². The van der Waals surface area contributed by atoms with Gasteiger partial charge in [-0.05, 0) is 38.8 Å². The normalized spacial score (nSPS) is 17.7. The van der Waals surface area contributed by atoms with Crippen LogP contribution in [-0.2, 0) is 14.8 Å². The van der Waals surface area contributed by atoms with Crippen molar-refractivity contribution in [3.05, 3.63) is 30.7 Å². The highest BCUT2D eigenvalue weighted by Gasteiger charge is 2.34. The van der Waals surface area contributed by atoms with Crippen molar-refractivity contribution in [3.63, 3.8) is 0 Å². The van der Waals surface area contributed by atoms with Gasteiger partial charge < -0.3 is 19.4 Å².